The molecule has 6 N–H and O–H groups in total. The molecule has 1 fully saturated rings. The van der Waals surface area contributed by atoms with Gasteiger partial charge in [-0.25, -0.2) is 13.1 Å². The van der Waals surface area contributed by atoms with E-state index in [0.717, 1.165) is 0 Å². The van der Waals surface area contributed by atoms with E-state index in [0.29, 0.717) is 6.08 Å². The molecule has 8 atom stereocenters. The van der Waals surface area contributed by atoms with Gasteiger partial charge in [-0.05, 0) is 6.08 Å². The minimum atomic E-state index is -5.14. The van der Waals surface area contributed by atoms with E-state index in [-0.39, 0.29) is 59.1 Å². The van der Waals surface area contributed by atoms with Crippen molar-refractivity contribution in [3.8, 4) is 0 Å². The molecule has 1 unspecified atom stereocenters. The summed E-state index contributed by atoms with van der Waals surface area (Å²) in [5, 5.41) is 59.6. The summed E-state index contributed by atoms with van der Waals surface area (Å²) in [6.07, 6.45) is -12.1. The van der Waals surface area contributed by atoms with Crippen molar-refractivity contribution in [2.45, 2.75) is 49.1 Å². The summed E-state index contributed by atoms with van der Waals surface area (Å²) >= 11 is 0. The summed E-state index contributed by atoms with van der Waals surface area (Å²) < 4.78 is 48.7. The van der Waals surface area contributed by atoms with Crippen LogP contribution in [-0.2, 0) is 29.3 Å². The minimum absolute atomic E-state index is 0. The van der Waals surface area contributed by atoms with Crippen LogP contribution in [0.5, 0.6) is 0 Å². The van der Waals surface area contributed by atoms with Gasteiger partial charge in [0, 0.05) is 0 Å². The van der Waals surface area contributed by atoms with Crippen molar-refractivity contribution < 1.29 is 122 Å². The van der Waals surface area contributed by atoms with Crippen LogP contribution in [0.2, 0.25) is 0 Å². The predicted octanol–water partition coefficient (Wildman–Crippen LogP) is -12.4. The quantitative estimate of drug-likeness (QED) is 0.159. The number of hydrogen-bond donors (Lipinski definition) is 6. The van der Waals surface area contributed by atoms with Crippen LogP contribution < -0.4 is 68.9 Å². The Bertz CT molecular complexity index is 691. The molecule has 0 aromatic carbocycles. The smallest absolute Gasteiger partial charge is 0.735 e. The second-order valence-electron chi connectivity index (χ2n) is 5.72. The van der Waals surface area contributed by atoms with Gasteiger partial charge in [0.05, 0.1) is 6.61 Å². The van der Waals surface area contributed by atoms with Crippen LogP contribution in [0.15, 0.2) is 11.8 Å². The standard InChI is InChI=1S/C12H19NO13S.2Na/c14-2-5-9(8(17)6(11(20)24-5)13-27(21,22)23)26-12-7(16)3(15)1-4(25-12)10(18)19;;/h1,3,5-9,11-17,20H,2H2,(H,18,19)(H,21,22,23);;/q;2*+1/p-2/t3-,5-,6-,7+,8-,9-,11?,12+;;/m1../s1. The average molecular weight is 461 g/mol. The zero-order valence-electron chi connectivity index (χ0n) is 15.3. The maximum absolute atomic E-state index is 10.9. The molecule has 0 aromatic heterocycles. The van der Waals surface area contributed by atoms with Gasteiger partial charge in [-0.3, -0.25) is 0 Å². The fourth-order valence-corrected chi connectivity index (χ4v) is 3.16. The number of nitrogens with one attached hydrogen (secondary N) is 1. The largest absolute Gasteiger partial charge is 1.00 e. The fraction of sp³-hybridized carbons (Fsp3) is 0.750. The molecular formula is C12H17NNa2O13S. The molecule has 156 valence electrons. The van der Waals surface area contributed by atoms with E-state index in [2.05, 4.69) is 0 Å². The van der Waals surface area contributed by atoms with Gasteiger partial charge >= 0.3 is 59.1 Å². The molecule has 29 heavy (non-hydrogen) atoms. The van der Waals surface area contributed by atoms with Crippen molar-refractivity contribution >= 4 is 16.3 Å². The SMILES string of the molecule is O=C([O-])C1=C[C@@H](O)[C@H](O)[C@H](O[C@H]2[C@H](O)[C@@H](NS(=O)(=O)[O-])C(O)O[C@@H]2CO)O1.[Na+].[Na+]. The van der Waals surface area contributed by atoms with Crippen LogP contribution in [0.25, 0.3) is 0 Å². The van der Waals surface area contributed by atoms with E-state index < -0.39 is 77.8 Å². The molecule has 14 nitrogen and oxygen atoms in total. The molecule has 2 heterocycles. The number of aliphatic carboxylic acids is 1. The Hall–Kier alpha value is 0.600. The Morgan fingerprint density at radius 3 is 2.28 bits per heavy atom. The van der Waals surface area contributed by atoms with Gasteiger partial charge in [0.1, 0.15) is 48.3 Å². The zero-order chi connectivity index (χ0) is 20.5. The van der Waals surface area contributed by atoms with Gasteiger partial charge in [0.25, 0.3) is 0 Å². The van der Waals surface area contributed by atoms with Crippen LogP contribution in [-0.4, -0.2) is 100 Å². The predicted molar refractivity (Wildman–Crippen MR) is 75.4 cm³/mol. The summed E-state index contributed by atoms with van der Waals surface area (Å²) in [4.78, 5) is 10.9. The van der Waals surface area contributed by atoms with Crippen LogP contribution in [0.1, 0.15) is 0 Å². The Kier molecular flexibility index (Phi) is 12.3. The normalized spacial score (nSPS) is 37.4. The first kappa shape index (κ1) is 29.6. The third-order valence-corrected chi connectivity index (χ3v) is 4.40. The number of aliphatic hydroxyl groups is 5. The molecule has 0 spiro atoms. The first-order valence-corrected chi connectivity index (χ1v) is 8.82. The Morgan fingerprint density at radius 2 is 1.79 bits per heavy atom. The second-order valence-corrected chi connectivity index (χ2v) is 6.87. The summed E-state index contributed by atoms with van der Waals surface area (Å²) in [6.45, 7) is -0.871. The summed E-state index contributed by atoms with van der Waals surface area (Å²) in [7, 11) is -5.14. The maximum atomic E-state index is 10.9. The Labute approximate surface area is 208 Å². The van der Waals surface area contributed by atoms with Crippen LogP contribution in [0.4, 0.5) is 0 Å². The monoisotopic (exact) mass is 461 g/mol. The van der Waals surface area contributed by atoms with Gasteiger partial charge in [0.2, 0.25) is 6.29 Å². The summed E-state index contributed by atoms with van der Waals surface area (Å²) in [6, 6.07) is -1.91. The van der Waals surface area contributed by atoms with Crippen molar-refractivity contribution in [3.63, 3.8) is 0 Å². The van der Waals surface area contributed by atoms with E-state index in [1.54, 1.807) is 0 Å². The van der Waals surface area contributed by atoms with E-state index >= 15 is 0 Å². The van der Waals surface area contributed by atoms with Gasteiger partial charge in [-0.1, -0.05) is 0 Å². The van der Waals surface area contributed by atoms with E-state index in [9.17, 15) is 48.4 Å². The van der Waals surface area contributed by atoms with Gasteiger partial charge in [-0.2, -0.15) is 0 Å². The van der Waals surface area contributed by atoms with Gasteiger partial charge in [-0.15, -0.1) is 0 Å². The number of hydrogen-bond acceptors (Lipinski definition) is 13. The van der Waals surface area contributed by atoms with E-state index in [1.165, 1.54) is 4.72 Å². The number of carboxylic acids is 1. The third-order valence-electron chi connectivity index (χ3n) is 3.84. The molecule has 0 amide bonds. The van der Waals surface area contributed by atoms with Crippen LogP contribution in [0.3, 0.4) is 0 Å². The number of aliphatic hydroxyl groups excluding tert-OH is 5. The summed E-state index contributed by atoms with van der Waals surface area (Å²) in [5.74, 6) is -2.73. The third kappa shape index (κ3) is 7.60. The summed E-state index contributed by atoms with van der Waals surface area (Å²) in [5.41, 5.74) is 0. The molecule has 0 aromatic rings. The van der Waals surface area contributed by atoms with Crippen molar-refractivity contribution in [1.29, 1.82) is 0 Å². The molecule has 0 aliphatic carbocycles. The topological polar surface area (TPSA) is 238 Å². The number of carbonyl (C=O) groups is 1. The van der Waals surface area contributed by atoms with E-state index in [4.69, 9.17) is 14.2 Å². The van der Waals surface area contributed by atoms with Gasteiger partial charge in [0.15, 0.2) is 16.6 Å². The maximum Gasteiger partial charge on any atom is 1.00 e. The molecule has 17 heteroatoms. The molecule has 1 saturated heterocycles. The zero-order valence-corrected chi connectivity index (χ0v) is 20.1. The molecule has 2 aliphatic rings. The van der Waals surface area contributed by atoms with Crippen molar-refractivity contribution in [3.05, 3.63) is 11.8 Å². The van der Waals surface area contributed by atoms with Crippen molar-refractivity contribution in [1.82, 2.24) is 4.72 Å². The Morgan fingerprint density at radius 1 is 1.21 bits per heavy atom. The van der Waals surface area contributed by atoms with Crippen molar-refractivity contribution in [2.75, 3.05) is 6.61 Å². The molecule has 2 rings (SSSR count). The minimum Gasteiger partial charge on any atom is -0.735 e. The van der Waals surface area contributed by atoms with Crippen LogP contribution >= 0.6 is 0 Å². The average Bonchev–Trinajstić information content (AvgIpc) is 2.56. The van der Waals surface area contributed by atoms with Gasteiger partial charge < -0.3 is 54.2 Å². The first-order chi connectivity index (χ1) is 12.4. The number of carboxylic acid groups (broad SMARTS) is 1. The molecule has 0 bridgehead atoms. The molecule has 0 saturated carbocycles. The van der Waals surface area contributed by atoms with E-state index in [1.807, 2.05) is 0 Å². The number of rotatable bonds is 6. The molecular weight excluding hydrogens is 444 g/mol. The van der Waals surface area contributed by atoms with Crippen molar-refractivity contribution in [2.24, 2.45) is 0 Å². The number of carbonyl (C=O) groups excluding carboxylic acids is 1. The molecule has 2 aliphatic heterocycles. The fourth-order valence-electron chi connectivity index (χ4n) is 2.57. The number of ether oxygens (including phenoxy) is 3. The second kappa shape index (κ2) is 12.0. The molecule has 0 radical (unpaired) electrons. The van der Waals surface area contributed by atoms with Crippen LogP contribution in [0, 0.1) is 0 Å². The Balaban J connectivity index is 0.00000392. The first-order valence-electron chi connectivity index (χ1n) is 7.41.